The monoisotopic (exact) mass is 443 g/mol. The number of fused-ring (bicyclic) bond motifs is 1. The van der Waals surface area contributed by atoms with Gasteiger partial charge in [0.1, 0.15) is 4.90 Å². The molecule has 1 amide bonds. The molecule has 1 aromatic heterocycles. The maximum absolute atomic E-state index is 12.7. The van der Waals surface area contributed by atoms with Gasteiger partial charge in [0.25, 0.3) is 5.91 Å². The molecular weight excluding hydrogens is 418 g/mol. The first-order valence-corrected chi connectivity index (χ1v) is 11.9. The highest BCUT2D eigenvalue weighted by atomic mass is 32.2. The van der Waals surface area contributed by atoms with Gasteiger partial charge in [0.15, 0.2) is 6.61 Å². The highest BCUT2D eigenvalue weighted by Crippen LogP contribution is 2.27. The van der Waals surface area contributed by atoms with E-state index >= 15 is 0 Å². The molecule has 3 heterocycles. The summed E-state index contributed by atoms with van der Waals surface area (Å²) in [4.78, 5) is 30.8. The van der Waals surface area contributed by atoms with E-state index in [-0.39, 0.29) is 30.5 Å². The fourth-order valence-electron chi connectivity index (χ4n) is 4.10. The summed E-state index contributed by atoms with van der Waals surface area (Å²) in [5, 5.41) is 0. The van der Waals surface area contributed by atoms with Crippen molar-refractivity contribution in [1.29, 1.82) is 0 Å². The van der Waals surface area contributed by atoms with Crippen molar-refractivity contribution in [2.75, 3.05) is 31.1 Å². The molecule has 1 fully saturated rings. The Kier molecular flexibility index (Phi) is 6.33. The number of aryl methyl sites for hydroxylation is 1. The third-order valence-electron chi connectivity index (χ3n) is 5.81. The van der Waals surface area contributed by atoms with Crippen molar-refractivity contribution in [2.45, 2.75) is 30.6 Å². The standard InChI is InChI=1S/C22H25N3O5S/c26-21(25-12-4-6-17-5-1-2-8-20(17)25)16-30-22(27)18-9-13-24(14-10-18)31(28,29)19-7-3-11-23-15-19/h1-3,5,7-8,11,15,18H,4,6,9-10,12-14,16H2. The highest BCUT2D eigenvalue weighted by molar-refractivity contribution is 7.89. The van der Waals surface area contributed by atoms with Crippen LogP contribution in [0.15, 0.2) is 53.7 Å². The van der Waals surface area contributed by atoms with Gasteiger partial charge in [-0.2, -0.15) is 4.31 Å². The van der Waals surface area contributed by atoms with Gasteiger partial charge >= 0.3 is 5.97 Å². The molecule has 2 aromatic rings. The molecule has 0 aliphatic carbocycles. The first kappa shape index (κ1) is 21.5. The lowest BCUT2D eigenvalue weighted by Gasteiger charge is -2.31. The van der Waals surface area contributed by atoms with Crippen LogP contribution >= 0.6 is 0 Å². The number of rotatable bonds is 5. The molecule has 0 saturated carbocycles. The second kappa shape index (κ2) is 9.15. The molecule has 0 unspecified atom stereocenters. The Bertz CT molecular complexity index is 1050. The predicted octanol–water partition coefficient (Wildman–Crippen LogP) is 2.00. The van der Waals surface area contributed by atoms with Crippen LogP contribution in [0.4, 0.5) is 5.69 Å². The van der Waals surface area contributed by atoms with E-state index < -0.39 is 21.9 Å². The summed E-state index contributed by atoms with van der Waals surface area (Å²) >= 11 is 0. The summed E-state index contributed by atoms with van der Waals surface area (Å²) in [5.74, 6) is -1.10. The number of amides is 1. The first-order valence-electron chi connectivity index (χ1n) is 10.4. The molecule has 1 saturated heterocycles. The smallest absolute Gasteiger partial charge is 0.309 e. The van der Waals surface area contributed by atoms with Crippen molar-refractivity contribution < 1.29 is 22.7 Å². The number of carbonyl (C=O) groups is 2. The van der Waals surface area contributed by atoms with Crippen LogP contribution < -0.4 is 4.90 Å². The molecule has 0 N–H and O–H groups in total. The second-order valence-electron chi connectivity index (χ2n) is 7.75. The van der Waals surface area contributed by atoms with E-state index in [0.717, 1.165) is 24.1 Å². The van der Waals surface area contributed by atoms with Crippen LogP contribution in [0.2, 0.25) is 0 Å². The third-order valence-corrected chi connectivity index (χ3v) is 7.69. The summed E-state index contributed by atoms with van der Waals surface area (Å²) in [6.45, 7) is 0.758. The Balaban J connectivity index is 1.30. The molecule has 2 aliphatic heterocycles. The zero-order valence-electron chi connectivity index (χ0n) is 17.1. The lowest BCUT2D eigenvalue weighted by molar-refractivity contribution is -0.153. The molecule has 9 heteroatoms. The van der Waals surface area contributed by atoms with E-state index in [1.54, 1.807) is 11.0 Å². The van der Waals surface area contributed by atoms with Crippen LogP contribution in [0.1, 0.15) is 24.8 Å². The molecule has 0 atom stereocenters. The number of carbonyl (C=O) groups excluding carboxylic acids is 2. The number of sulfonamides is 1. The van der Waals surface area contributed by atoms with Crippen LogP contribution in [0.25, 0.3) is 0 Å². The van der Waals surface area contributed by atoms with Gasteiger partial charge in [0.2, 0.25) is 10.0 Å². The first-order chi connectivity index (χ1) is 15.0. The molecule has 0 radical (unpaired) electrons. The van der Waals surface area contributed by atoms with Crippen molar-refractivity contribution in [3.63, 3.8) is 0 Å². The van der Waals surface area contributed by atoms with Crippen LogP contribution in [0.3, 0.4) is 0 Å². The molecular formula is C22H25N3O5S. The largest absolute Gasteiger partial charge is 0.455 e. The average molecular weight is 444 g/mol. The van der Waals surface area contributed by atoms with Gasteiger partial charge in [-0.25, -0.2) is 8.42 Å². The molecule has 0 bridgehead atoms. The fraction of sp³-hybridized carbons (Fsp3) is 0.409. The van der Waals surface area contributed by atoms with Gasteiger partial charge in [-0.3, -0.25) is 14.6 Å². The van der Waals surface area contributed by atoms with Gasteiger partial charge < -0.3 is 9.64 Å². The molecule has 1 aromatic carbocycles. The summed E-state index contributed by atoms with van der Waals surface area (Å²) in [5.41, 5.74) is 2.00. The zero-order valence-corrected chi connectivity index (χ0v) is 18.0. The van der Waals surface area contributed by atoms with E-state index in [2.05, 4.69) is 4.98 Å². The molecule has 31 heavy (non-hydrogen) atoms. The minimum atomic E-state index is -3.62. The van der Waals surface area contributed by atoms with E-state index in [4.69, 9.17) is 4.74 Å². The predicted molar refractivity (Wildman–Crippen MR) is 114 cm³/mol. The lowest BCUT2D eigenvalue weighted by Crippen LogP contribution is -2.42. The van der Waals surface area contributed by atoms with E-state index in [0.29, 0.717) is 19.4 Å². The Morgan fingerprint density at radius 1 is 1.06 bits per heavy atom. The number of piperidine rings is 1. The Labute approximate surface area is 181 Å². The normalized spacial score (nSPS) is 17.7. The van der Waals surface area contributed by atoms with Gasteiger partial charge in [0.05, 0.1) is 5.92 Å². The van der Waals surface area contributed by atoms with Gasteiger partial charge in [-0.15, -0.1) is 0 Å². The average Bonchev–Trinajstić information content (AvgIpc) is 2.82. The maximum Gasteiger partial charge on any atom is 0.309 e. The van der Waals surface area contributed by atoms with Crippen molar-refractivity contribution in [1.82, 2.24) is 9.29 Å². The molecule has 2 aliphatic rings. The number of aromatic nitrogens is 1. The van der Waals surface area contributed by atoms with Crippen LogP contribution in [-0.4, -0.2) is 55.8 Å². The van der Waals surface area contributed by atoms with Crippen molar-refractivity contribution in [3.8, 4) is 0 Å². The topological polar surface area (TPSA) is 96.9 Å². The van der Waals surface area contributed by atoms with E-state index in [1.165, 1.54) is 22.8 Å². The number of anilines is 1. The Morgan fingerprint density at radius 2 is 1.84 bits per heavy atom. The Morgan fingerprint density at radius 3 is 2.58 bits per heavy atom. The number of para-hydroxylation sites is 1. The van der Waals surface area contributed by atoms with Crippen LogP contribution in [0.5, 0.6) is 0 Å². The molecule has 164 valence electrons. The number of benzene rings is 1. The van der Waals surface area contributed by atoms with Gasteiger partial charge in [0, 0.05) is 37.7 Å². The fourth-order valence-corrected chi connectivity index (χ4v) is 5.54. The highest BCUT2D eigenvalue weighted by Gasteiger charge is 2.33. The summed E-state index contributed by atoms with van der Waals surface area (Å²) in [6.07, 6.45) is 5.37. The number of nitrogens with zero attached hydrogens (tertiary/aromatic N) is 3. The lowest BCUT2D eigenvalue weighted by atomic mass is 9.98. The van der Waals surface area contributed by atoms with Gasteiger partial charge in [-0.05, 0) is 49.4 Å². The summed E-state index contributed by atoms with van der Waals surface area (Å²) in [6, 6.07) is 10.8. The maximum atomic E-state index is 12.7. The second-order valence-corrected chi connectivity index (χ2v) is 9.69. The van der Waals surface area contributed by atoms with Crippen molar-refractivity contribution in [2.24, 2.45) is 5.92 Å². The molecule has 0 spiro atoms. The number of esters is 1. The number of hydrogen-bond acceptors (Lipinski definition) is 6. The molecule has 4 rings (SSSR count). The quantitative estimate of drug-likeness (QED) is 0.656. The number of hydrogen-bond donors (Lipinski definition) is 0. The summed E-state index contributed by atoms with van der Waals surface area (Å²) in [7, 11) is -3.62. The van der Waals surface area contributed by atoms with Crippen molar-refractivity contribution >= 4 is 27.6 Å². The Hall–Kier alpha value is -2.78. The summed E-state index contributed by atoms with van der Waals surface area (Å²) < 4.78 is 32.0. The minimum absolute atomic E-state index is 0.142. The van der Waals surface area contributed by atoms with Gasteiger partial charge in [-0.1, -0.05) is 18.2 Å². The number of ether oxygens (including phenoxy) is 1. The zero-order chi connectivity index (χ0) is 21.8. The number of pyridine rings is 1. The van der Waals surface area contributed by atoms with E-state index in [9.17, 15) is 18.0 Å². The van der Waals surface area contributed by atoms with Crippen LogP contribution in [0, 0.1) is 5.92 Å². The minimum Gasteiger partial charge on any atom is -0.455 e. The van der Waals surface area contributed by atoms with Crippen LogP contribution in [-0.2, 0) is 30.8 Å². The third kappa shape index (κ3) is 4.62. The van der Waals surface area contributed by atoms with E-state index in [1.807, 2.05) is 24.3 Å². The van der Waals surface area contributed by atoms with Crippen molar-refractivity contribution in [3.05, 3.63) is 54.4 Å². The molecule has 8 nitrogen and oxygen atoms in total. The SMILES string of the molecule is O=C(OCC(=O)N1CCCc2ccccc21)C1CCN(S(=O)(=O)c2cccnc2)CC1.